The van der Waals surface area contributed by atoms with Crippen molar-refractivity contribution in [3.63, 3.8) is 0 Å². The quantitative estimate of drug-likeness (QED) is 0.895. The van der Waals surface area contributed by atoms with Gasteiger partial charge in [0.25, 0.3) is 5.91 Å². The molecule has 1 amide bonds. The molecule has 0 aliphatic carbocycles. The number of carbonyl (C=O) groups is 1. The van der Waals surface area contributed by atoms with Gasteiger partial charge in [0.15, 0.2) is 0 Å². The SMILES string of the molecule is CC(C)CCNC(=O)c1ccc(N2CCN(C)CC2)cn1. The van der Waals surface area contributed by atoms with Crippen molar-refractivity contribution in [1.29, 1.82) is 0 Å². The Labute approximate surface area is 127 Å². The predicted molar refractivity (Wildman–Crippen MR) is 85.7 cm³/mol. The van der Waals surface area contributed by atoms with E-state index in [9.17, 15) is 4.79 Å². The molecule has 1 aromatic heterocycles. The van der Waals surface area contributed by atoms with Crippen LogP contribution in [0.1, 0.15) is 30.8 Å². The van der Waals surface area contributed by atoms with Crippen LogP contribution in [0.3, 0.4) is 0 Å². The van der Waals surface area contributed by atoms with Gasteiger partial charge < -0.3 is 15.1 Å². The molecule has 0 bridgehead atoms. The molecule has 1 aromatic rings. The lowest BCUT2D eigenvalue weighted by Gasteiger charge is -2.33. The van der Waals surface area contributed by atoms with Gasteiger partial charge in [0, 0.05) is 32.7 Å². The molecule has 1 aliphatic rings. The first-order valence-electron chi connectivity index (χ1n) is 7.74. The van der Waals surface area contributed by atoms with E-state index in [1.165, 1.54) is 0 Å². The zero-order valence-corrected chi connectivity index (χ0v) is 13.3. The Balaban J connectivity index is 1.88. The fraction of sp³-hybridized carbons (Fsp3) is 0.625. The van der Waals surface area contributed by atoms with E-state index in [0.29, 0.717) is 18.2 Å². The van der Waals surface area contributed by atoms with Crippen LogP contribution in [-0.4, -0.2) is 55.6 Å². The molecule has 1 aliphatic heterocycles. The van der Waals surface area contributed by atoms with Crippen LogP contribution in [0.2, 0.25) is 0 Å². The molecule has 0 radical (unpaired) electrons. The maximum atomic E-state index is 12.0. The van der Waals surface area contributed by atoms with Crippen molar-refractivity contribution in [2.45, 2.75) is 20.3 Å². The van der Waals surface area contributed by atoms with Crippen molar-refractivity contribution < 1.29 is 4.79 Å². The summed E-state index contributed by atoms with van der Waals surface area (Å²) >= 11 is 0. The van der Waals surface area contributed by atoms with Crippen LogP contribution >= 0.6 is 0 Å². The van der Waals surface area contributed by atoms with Crippen molar-refractivity contribution in [2.75, 3.05) is 44.7 Å². The monoisotopic (exact) mass is 290 g/mol. The largest absolute Gasteiger partial charge is 0.368 e. The Hall–Kier alpha value is -1.62. The first kappa shape index (κ1) is 15.8. The molecule has 116 valence electrons. The standard InChI is InChI=1S/C16H26N4O/c1-13(2)6-7-17-16(21)15-5-4-14(12-18-15)20-10-8-19(3)9-11-20/h4-5,12-13H,6-11H2,1-3H3,(H,17,21). The van der Waals surface area contributed by atoms with Crippen molar-refractivity contribution in [1.82, 2.24) is 15.2 Å². The van der Waals surface area contributed by atoms with Gasteiger partial charge >= 0.3 is 0 Å². The second-order valence-electron chi connectivity index (χ2n) is 6.13. The third-order valence-corrected chi connectivity index (χ3v) is 3.86. The third-order valence-electron chi connectivity index (χ3n) is 3.86. The smallest absolute Gasteiger partial charge is 0.269 e. The third kappa shape index (κ3) is 4.70. The highest BCUT2D eigenvalue weighted by Crippen LogP contribution is 2.15. The van der Waals surface area contributed by atoms with E-state index in [1.54, 1.807) is 0 Å². The summed E-state index contributed by atoms with van der Waals surface area (Å²) in [6, 6.07) is 3.81. The highest BCUT2D eigenvalue weighted by Gasteiger charge is 2.15. The minimum absolute atomic E-state index is 0.0828. The van der Waals surface area contributed by atoms with E-state index in [-0.39, 0.29) is 5.91 Å². The second-order valence-corrected chi connectivity index (χ2v) is 6.13. The first-order chi connectivity index (χ1) is 10.1. The molecule has 5 nitrogen and oxygen atoms in total. The summed E-state index contributed by atoms with van der Waals surface area (Å²) in [6.07, 6.45) is 2.80. The van der Waals surface area contributed by atoms with Gasteiger partial charge in [-0.3, -0.25) is 4.79 Å². The normalized spacial score (nSPS) is 16.3. The van der Waals surface area contributed by atoms with Crippen molar-refractivity contribution >= 4 is 11.6 Å². The molecular weight excluding hydrogens is 264 g/mol. The van der Waals surface area contributed by atoms with E-state index in [4.69, 9.17) is 0 Å². The van der Waals surface area contributed by atoms with Crippen LogP contribution in [0.15, 0.2) is 18.3 Å². The number of carbonyl (C=O) groups excluding carboxylic acids is 1. The lowest BCUT2D eigenvalue weighted by molar-refractivity contribution is 0.0947. The molecule has 0 spiro atoms. The lowest BCUT2D eigenvalue weighted by atomic mass is 10.1. The minimum atomic E-state index is -0.0828. The minimum Gasteiger partial charge on any atom is -0.368 e. The molecule has 2 rings (SSSR count). The Morgan fingerprint density at radius 2 is 2.00 bits per heavy atom. The molecule has 0 atom stereocenters. The average molecular weight is 290 g/mol. The van der Waals surface area contributed by atoms with Gasteiger partial charge in [-0.05, 0) is 31.5 Å². The molecular formula is C16H26N4O. The molecule has 5 heteroatoms. The molecule has 1 fully saturated rings. The summed E-state index contributed by atoms with van der Waals surface area (Å²) in [5, 5.41) is 2.91. The van der Waals surface area contributed by atoms with Crippen molar-refractivity contribution in [2.24, 2.45) is 5.92 Å². The van der Waals surface area contributed by atoms with Gasteiger partial charge in [-0.25, -0.2) is 4.98 Å². The zero-order chi connectivity index (χ0) is 15.2. The second kappa shape index (κ2) is 7.41. The van der Waals surface area contributed by atoms with Crippen molar-refractivity contribution in [3.05, 3.63) is 24.0 Å². The fourth-order valence-corrected chi connectivity index (χ4v) is 2.34. The number of piperazine rings is 1. The average Bonchev–Trinajstić information content (AvgIpc) is 2.48. The van der Waals surface area contributed by atoms with Gasteiger partial charge in [-0.15, -0.1) is 0 Å². The summed E-state index contributed by atoms with van der Waals surface area (Å²) in [5.41, 5.74) is 1.60. The molecule has 0 unspecified atom stereocenters. The molecule has 1 N–H and O–H groups in total. The summed E-state index contributed by atoms with van der Waals surface area (Å²) in [5.74, 6) is 0.512. The number of anilines is 1. The highest BCUT2D eigenvalue weighted by atomic mass is 16.1. The number of likely N-dealkylation sites (N-methyl/N-ethyl adjacent to an activating group) is 1. The number of nitrogens with one attached hydrogen (secondary N) is 1. The van der Waals surface area contributed by atoms with E-state index in [1.807, 2.05) is 18.3 Å². The highest BCUT2D eigenvalue weighted by molar-refractivity contribution is 5.92. The number of aromatic nitrogens is 1. The molecule has 0 saturated carbocycles. The fourth-order valence-electron chi connectivity index (χ4n) is 2.34. The maximum Gasteiger partial charge on any atom is 0.269 e. The van der Waals surface area contributed by atoms with Crippen LogP contribution in [0.5, 0.6) is 0 Å². The van der Waals surface area contributed by atoms with Gasteiger partial charge in [0.1, 0.15) is 5.69 Å². The summed E-state index contributed by atoms with van der Waals surface area (Å²) < 4.78 is 0. The van der Waals surface area contributed by atoms with Crippen LogP contribution < -0.4 is 10.2 Å². The molecule has 1 saturated heterocycles. The van der Waals surface area contributed by atoms with E-state index >= 15 is 0 Å². The number of hydrogen-bond acceptors (Lipinski definition) is 4. The lowest BCUT2D eigenvalue weighted by Crippen LogP contribution is -2.44. The maximum absolute atomic E-state index is 12.0. The Bertz CT molecular complexity index is 450. The van der Waals surface area contributed by atoms with E-state index in [0.717, 1.165) is 38.3 Å². The number of nitrogens with zero attached hydrogens (tertiary/aromatic N) is 3. The van der Waals surface area contributed by atoms with Gasteiger partial charge in [0.2, 0.25) is 0 Å². The van der Waals surface area contributed by atoms with Gasteiger partial charge in [-0.2, -0.15) is 0 Å². The number of hydrogen-bond donors (Lipinski definition) is 1. The first-order valence-corrected chi connectivity index (χ1v) is 7.74. The Kier molecular flexibility index (Phi) is 5.56. The summed E-state index contributed by atoms with van der Waals surface area (Å²) in [4.78, 5) is 20.9. The van der Waals surface area contributed by atoms with Crippen LogP contribution in [0.4, 0.5) is 5.69 Å². The zero-order valence-electron chi connectivity index (χ0n) is 13.3. The predicted octanol–water partition coefficient (Wildman–Crippen LogP) is 1.61. The summed E-state index contributed by atoms with van der Waals surface area (Å²) in [6.45, 7) is 9.16. The topological polar surface area (TPSA) is 48.5 Å². The van der Waals surface area contributed by atoms with Crippen LogP contribution in [0, 0.1) is 5.92 Å². The number of amides is 1. The van der Waals surface area contributed by atoms with Gasteiger partial charge in [-0.1, -0.05) is 13.8 Å². The summed E-state index contributed by atoms with van der Waals surface area (Å²) in [7, 11) is 2.14. The van der Waals surface area contributed by atoms with Crippen LogP contribution in [0.25, 0.3) is 0 Å². The molecule has 2 heterocycles. The van der Waals surface area contributed by atoms with E-state index in [2.05, 4.69) is 41.0 Å². The molecule has 0 aromatic carbocycles. The van der Waals surface area contributed by atoms with Crippen molar-refractivity contribution in [3.8, 4) is 0 Å². The Morgan fingerprint density at radius 1 is 1.29 bits per heavy atom. The number of rotatable bonds is 5. The number of pyridine rings is 1. The Morgan fingerprint density at radius 3 is 2.57 bits per heavy atom. The van der Waals surface area contributed by atoms with Gasteiger partial charge in [0.05, 0.1) is 11.9 Å². The van der Waals surface area contributed by atoms with E-state index < -0.39 is 0 Å². The molecule has 21 heavy (non-hydrogen) atoms. The van der Waals surface area contributed by atoms with Crippen LogP contribution in [-0.2, 0) is 0 Å².